The van der Waals surface area contributed by atoms with Gasteiger partial charge in [0.2, 0.25) is 0 Å². The monoisotopic (exact) mass is 210 g/mol. The summed E-state index contributed by atoms with van der Waals surface area (Å²) in [7, 11) is 0. The summed E-state index contributed by atoms with van der Waals surface area (Å²) >= 11 is 0. The van der Waals surface area contributed by atoms with E-state index in [1.54, 1.807) is 0 Å². The molecule has 3 heteroatoms. The molecule has 15 heavy (non-hydrogen) atoms. The Morgan fingerprint density at radius 2 is 1.67 bits per heavy atom. The summed E-state index contributed by atoms with van der Waals surface area (Å²) in [4.78, 5) is 5.20. The fourth-order valence-corrected chi connectivity index (χ4v) is 2.95. The van der Waals surface area contributed by atoms with Crippen molar-refractivity contribution in [1.29, 1.82) is 0 Å². The second-order valence-electron chi connectivity index (χ2n) is 6.62. The predicted molar refractivity (Wildman–Crippen MR) is 59.9 cm³/mol. The van der Waals surface area contributed by atoms with Crippen LogP contribution in [0.25, 0.3) is 0 Å². The second kappa shape index (κ2) is 2.96. The van der Waals surface area contributed by atoms with Crippen molar-refractivity contribution in [2.75, 3.05) is 39.4 Å². The van der Waals surface area contributed by atoms with Crippen molar-refractivity contribution in [3.05, 3.63) is 0 Å². The van der Waals surface area contributed by atoms with Crippen LogP contribution in [0.2, 0.25) is 0 Å². The number of rotatable bonds is 1. The summed E-state index contributed by atoms with van der Waals surface area (Å²) in [5, 5.41) is 0. The van der Waals surface area contributed by atoms with Crippen LogP contribution in [0.15, 0.2) is 0 Å². The number of likely N-dealkylation sites (tertiary alicyclic amines) is 2. The molecule has 0 aromatic carbocycles. The van der Waals surface area contributed by atoms with Gasteiger partial charge in [0.15, 0.2) is 0 Å². The van der Waals surface area contributed by atoms with Gasteiger partial charge in [-0.1, -0.05) is 0 Å². The van der Waals surface area contributed by atoms with Crippen LogP contribution in [0, 0.1) is 5.41 Å². The molecule has 1 spiro atoms. The van der Waals surface area contributed by atoms with Crippen molar-refractivity contribution in [3.8, 4) is 0 Å². The minimum atomic E-state index is 0.366. The Bertz CT molecular complexity index is 253. The molecule has 3 heterocycles. The van der Waals surface area contributed by atoms with Gasteiger partial charge in [0.1, 0.15) is 0 Å². The van der Waals surface area contributed by atoms with Crippen LogP contribution in [-0.4, -0.2) is 60.8 Å². The zero-order chi connectivity index (χ0) is 10.7. The molecule has 0 saturated carbocycles. The maximum absolute atomic E-state index is 5.23. The van der Waals surface area contributed by atoms with Gasteiger partial charge in [-0.2, -0.15) is 0 Å². The molecule has 3 saturated heterocycles. The van der Waals surface area contributed by atoms with E-state index in [1.165, 1.54) is 26.2 Å². The Morgan fingerprint density at radius 3 is 2.07 bits per heavy atom. The fraction of sp³-hybridized carbons (Fsp3) is 1.00. The number of nitrogens with zero attached hydrogens (tertiary/aromatic N) is 2. The molecule has 0 unspecified atom stereocenters. The van der Waals surface area contributed by atoms with Crippen molar-refractivity contribution in [2.45, 2.75) is 32.4 Å². The largest absolute Gasteiger partial charge is 0.378 e. The number of ether oxygens (including phenoxy) is 1. The summed E-state index contributed by atoms with van der Waals surface area (Å²) in [5.41, 5.74) is 1.02. The van der Waals surface area contributed by atoms with Crippen LogP contribution in [0.5, 0.6) is 0 Å². The van der Waals surface area contributed by atoms with Crippen molar-refractivity contribution in [1.82, 2.24) is 9.80 Å². The molecule has 0 N–H and O–H groups in total. The average Bonchev–Trinajstić information content (AvgIpc) is 1.82. The lowest BCUT2D eigenvalue weighted by molar-refractivity contribution is -0.190. The quantitative estimate of drug-likeness (QED) is 0.637. The second-order valence-corrected chi connectivity index (χ2v) is 6.62. The summed E-state index contributed by atoms with van der Waals surface area (Å²) in [6, 6.07) is 0.749. The molecule has 86 valence electrons. The van der Waals surface area contributed by atoms with E-state index in [0.717, 1.165) is 19.3 Å². The third-order valence-corrected chi connectivity index (χ3v) is 4.22. The lowest BCUT2D eigenvalue weighted by Crippen LogP contribution is -2.77. The average molecular weight is 210 g/mol. The lowest BCUT2D eigenvalue weighted by Gasteiger charge is -2.65. The number of hydrogen-bond donors (Lipinski definition) is 0. The fourth-order valence-electron chi connectivity index (χ4n) is 2.95. The van der Waals surface area contributed by atoms with Crippen molar-refractivity contribution in [3.63, 3.8) is 0 Å². The SMILES string of the molecule is CC(C)(C)N1CC2(CN(C3COC3)C2)C1. The maximum Gasteiger partial charge on any atom is 0.0645 e. The van der Waals surface area contributed by atoms with Gasteiger partial charge in [-0.05, 0) is 20.8 Å². The molecule has 3 aliphatic heterocycles. The van der Waals surface area contributed by atoms with Crippen molar-refractivity contribution >= 4 is 0 Å². The van der Waals surface area contributed by atoms with E-state index in [-0.39, 0.29) is 0 Å². The zero-order valence-electron chi connectivity index (χ0n) is 10.1. The molecule has 3 rings (SSSR count). The highest BCUT2D eigenvalue weighted by Gasteiger charge is 2.55. The van der Waals surface area contributed by atoms with Gasteiger partial charge in [-0.15, -0.1) is 0 Å². The summed E-state index contributed by atoms with van der Waals surface area (Å²) in [6.07, 6.45) is 0. The van der Waals surface area contributed by atoms with Gasteiger partial charge in [-0.3, -0.25) is 9.80 Å². The first-order valence-corrected chi connectivity index (χ1v) is 6.05. The van der Waals surface area contributed by atoms with E-state index in [1.807, 2.05) is 0 Å². The van der Waals surface area contributed by atoms with E-state index < -0.39 is 0 Å². The van der Waals surface area contributed by atoms with Crippen molar-refractivity contribution < 1.29 is 4.74 Å². The molecular weight excluding hydrogens is 188 g/mol. The molecule has 0 aliphatic carbocycles. The van der Waals surface area contributed by atoms with Gasteiger partial charge in [0.05, 0.1) is 19.3 Å². The zero-order valence-corrected chi connectivity index (χ0v) is 10.1. The Hall–Kier alpha value is -0.120. The standard InChI is InChI=1S/C12H22N2O/c1-11(2,3)14-8-12(9-14)6-13(7-12)10-4-15-5-10/h10H,4-9H2,1-3H3. The molecule has 0 bridgehead atoms. The molecule has 3 fully saturated rings. The van der Waals surface area contributed by atoms with Gasteiger partial charge >= 0.3 is 0 Å². The topological polar surface area (TPSA) is 15.7 Å². The van der Waals surface area contributed by atoms with E-state index in [2.05, 4.69) is 30.6 Å². The predicted octanol–water partition coefficient (Wildman–Crippen LogP) is 0.801. The molecule has 3 aliphatic rings. The highest BCUT2D eigenvalue weighted by atomic mass is 16.5. The lowest BCUT2D eigenvalue weighted by atomic mass is 9.70. The van der Waals surface area contributed by atoms with Crippen LogP contribution >= 0.6 is 0 Å². The normalized spacial score (nSPS) is 32.2. The van der Waals surface area contributed by atoms with Gasteiger partial charge < -0.3 is 4.74 Å². The first-order valence-electron chi connectivity index (χ1n) is 6.05. The van der Waals surface area contributed by atoms with Crippen LogP contribution in [0.3, 0.4) is 0 Å². The summed E-state index contributed by atoms with van der Waals surface area (Å²) in [5.74, 6) is 0. The van der Waals surface area contributed by atoms with E-state index in [9.17, 15) is 0 Å². The minimum absolute atomic E-state index is 0.366. The van der Waals surface area contributed by atoms with E-state index >= 15 is 0 Å². The molecule has 0 amide bonds. The van der Waals surface area contributed by atoms with Crippen molar-refractivity contribution in [2.24, 2.45) is 5.41 Å². The van der Waals surface area contributed by atoms with Gasteiger partial charge in [0.25, 0.3) is 0 Å². The van der Waals surface area contributed by atoms with E-state index in [4.69, 9.17) is 4.74 Å². The third-order valence-electron chi connectivity index (χ3n) is 4.22. The van der Waals surface area contributed by atoms with Crippen LogP contribution in [0.4, 0.5) is 0 Å². The van der Waals surface area contributed by atoms with Gasteiger partial charge in [0, 0.05) is 37.1 Å². The first-order chi connectivity index (χ1) is 6.99. The summed E-state index contributed by atoms with van der Waals surface area (Å²) < 4.78 is 5.23. The maximum atomic E-state index is 5.23. The smallest absolute Gasteiger partial charge is 0.0645 e. The number of hydrogen-bond acceptors (Lipinski definition) is 3. The van der Waals surface area contributed by atoms with Crippen LogP contribution in [0.1, 0.15) is 20.8 Å². The molecule has 3 nitrogen and oxygen atoms in total. The Kier molecular flexibility index (Phi) is 1.99. The van der Waals surface area contributed by atoms with Gasteiger partial charge in [-0.25, -0.2) is 0 Å². The summed E-state index contributed by atoms with van der Waals surface area (Å²) in [6.45, 7) is 14.1. The Balaban J connectivity index is 1.48. The first kappa shape index (κ1) is 10.1. The molecular formula is C12H22N2O. The highest BCUT2D eigenvalue weighted by Crippen LogP contribution is 2.43. The van der Waals surface area contributed by atoms with Crippen LogP contribution < -0.4 is 0 Å². The molecule has 0 aromatic rings. The van der Waals surface area contributed by atoms with E-state index in [0.29, 0.717) is 11.0 Å². The Morgan fingerprint density at radius 1 is 1.07 bits per heavy atom. The minimum Gasteiger partial charge on any atom is -0.378 e. The molecule has 0 atom stereocenters. The molecule has 0 aromatic heterocycles. The highest BCUT2D eigenvalue weighted by molar-refractivity contribution is 5.09. The third kappa shape index (κ3) is 1.52. The Labute approximate surface area is 92.4 Å². The molecule has 0 radical (unpaired) electrons. The van der Waals surface area contributed by atoms with Crippen LogP contribution in [-0.2, 0) is 4.74 Å².